The molecule has 0 saturated carbocycles. The highest BCUT2D eigenvalue weighted by Gasteiger charge is 2.30. The number of nitrogens with zero attached hydrogens (tertiary/aromatic N) is 2. The van der Waals surface area contributed by atoms with Crippen molar-refractivity contribution in [2.45, 2.75) is 26.1 Å². The van der Waals surface area contributed by atoms with E-state index in [1.807, 2.05) is 0 Å². The number of benzene rings is 2. The third-order valence-corrected chi connectivity index (χ3v) is 3.58. The highest BCUT2D eigenvalue weighted by Crippen LogP contribution is 2.26. The molecule has 2 rings (SSSR count). The fourth-order valence-electron chi connectivity index (χ4n) is 2.12. The molecule has 0 aliphatic rings. The van der Waals surface area contributed by atoms with Crippen LogP contribution in [0.3, 0.4) is 0 Å². The number of alkyl halides is 3. The molecule has 2 aromatic carbocycles. The summed E-state index contributed by atoms with van der Waals surface area (Å²) in [6.45, 7) is 5.89. The highest BCUT2D eigenvalue weighted by molar-refractivity contribution is 5.86. The van der Waals surface area contributed by atoms with Crippen molar-refractivity contribution >= 4 is 17.3 Å². The van der Waals surface area contributed by atoms with Gasteiger partial charge in [-0.1, -0.05) is 6.58 Å². The molecular formula is C21H21F3N2O4. The summed E-state index contributed by atoms with van der Waals surface area (Å²) in [7, 11) is 0. The number of halogens is 3. The van der Waals surface area contributed by atoms with Crippen LogP contribution in [0.4, 0.5) is 24.5 Å². The molecule has 6 nitrogen and oxygen atoms in total. The summed E-state index contributed by atoms with van der Waals surface area (Å²) in [6.07, 6.45) is -3.33. The summed E-state index contributed by atoms with van der Waals surface area (Å²) < 4.78 is 50.8. The van der Waals surface area contributed by atoms with Crippen molar-refractivity contribution in [2.75, 3.05) is 13.2 Å². The molecule has 160 valence electrons. The maximum atomic E-state index is 12.1. The SMILES string of the molecule is C=C(C)C(=O)OCCCCOc1ccc(N=Nc2ccc(OC(F)(F)F)cc2)cc1. The lowest BCUT2D eigenvalue weighted by Gasteiger charge is -2.08. The molecule has 0 amide bonds. The van der Waals surface area contributed by atoms with Gasteiger partial charge in [-0.2, -0.15) is 10.2 Å². The summed E-state index contributed by atoms with van der Waals surface area (Å²) in [4.78, 5) is 11.2. The second-order valence-corrected chi connectivity index (χ2v) is 6.21. The van der Waals surface area contributed by atoms with E-state index in [0.717, 1.165) is 18.6 Å². The first-order valence-electron chi connectivity index (χ1n) is 9.06. The van der Waals surface area contributed by atoms with Crippen LogP contribution in [0.5, 0.6) is 11.5 Å². The zero-order valence-corrected chi connectivity index (χ0v) is 16.3. The molecule has 0 fully saturated rings. The second kappa shape index (κ2) is 11.0. The second-order valence-electron chi connectivity index (χ2n) is 6.21. The van der Waals surface area contributed by atoms with E-state index in [2.05, 4.69) is 21.5 Å². The van der Waals surface area contributed by atoms with E-state index in [-0.39, 0.29) is 5.75 Å². The molecular weight excluding hydrogens is 401 g/mol. The van der Waals surface area contributed by atoms with Crippen molar-refractivity contribution in [1.29, 1.82) is 0 Å². The van der Waals surface area contributed by atoms with Crippen LogP contribution in [0.15, 0.2) is 70.9 Å². The smallest absolute Gasteiger partial charge is 0.494 e. The molecule has 0 aromatic heterocycles. The van der Waals surface area contributed by atoms with Gasteiger partial charge >= 0.3 is 12.3 Å². The van der Waals surface area contributed by atoms with Gasteiger partial charge in [0.25, 0.3) is 0 Å². The van der Waals surface area contributed by atoms with E-state index >= 15 is 0 Å². The van der Waals surface area contributed by atoms with E-state index in [1.165, 1.54) is 12.1 Å². The number of carbonyl (C=O) groups is 1. The van der Waals surface area contributed by atoms with Crippen LogP contribution < -0.4 is 9.47 Å². The van der Waals surface area contributed by atoms with Gasteiger partial charge in [0.2, 0.25) is 0 Å². The Morgan fingerprint density at radius 1 is 0.900 bits per heavy atom. The molecule has 0 unspecified atom stereocenters. The summed E-state index contributed by atoms with van der Waals surface area (Å²) >= 11 is 0. The number of rotatable bonds is 10. The standard InChI is InChI=1S/C21H21F3N2O4/c1-15(2)20(27)29-14-4-3-13-28-18-9-5-16(6-10-18)25-26-17-7-11-19(12-8-17)30-21(22,23)24/h5-12H,1,3-4,13-14H2,2H3. The van der Waals surface area contributed by atoms with Crippen LogP contribution >= 0.6 is 0 Å². The monoisotopic (exact) mass is 422 g/mol. The quantitative estimate of drug-likeness (QED) is 0.196. The van der Waals surface area contributed by atoms with Crippen LogP contribution in [-0.2, 0) is 9.53 Å². The van der Waals surface area contributed by atoms with Crippen LogP contribution in [-0.4, -0.2) is 25.5 Å². The number of azo groups is 1. The van der Waals surface area contributed by atoms with Gasteiger partial charge in [0, 0.05) is 5.57 Å². The van der Waals surface area contributed by atoms with Gasteiger partial charge in [-0.3, -0.25) is 0 Å². The maximum absolute atomic E-state index is 12.1. The fraction of sp³-hybridized carbons (Fsp3) is 0.286. The Kier molecular flexibility index (Phi) is 8.40. The number of carbonyl (C=O) groups excluding carboxylic acids is 1. The van der Waals surface area contributed by atoms with Crippen LogP contribution in [0.25, 0.3) is 0 Å². The molecule has 0 N–H and O–H groups in total. The third-order valence-electron chi connectivity index (χ3n) is 3.58. The topological polar surface area (TPSA) is 69.5 Å². The first-order chi connectivity index (χ1) is 14.2. The van der Waals surface area contributed by atoms with Gasteiger partial charge in [-0.05, 0) is 68.3 Å². The minimum atomic E-state index is -4.73. The molecule has 30 heavy (non-hydrogen) atoms. The predicted octanol–water partition coefficient (Wildman–Crippen LogP) is 6.28. The normalized spacial score (nSPS) is 11.3. The molecule has 9 heteroatoms. The van der Waals surface area contributed by atoms with Gasteiger partial charge in [-0.15, -0.1) is 13.2 Å². The Labute approximate surface area is 172 Å². The largest absolute Gasteiger partial charge is 0.573 e. The molecule has 0 bridgehead atoms. The number of unbranched alkanes of at least 4 members (excludes halogenated alkanes) is 1. The lowest BCUT2D eigenvalue weighted by atomic mass is 10.3. The van der Waals surface area contributed by atoms with Gasteiger partial charge in [0.15, 0.2) is 0 Å². The Hall–Kier alpha value is -3.36. The number of esters is 1. The van der Waals surface area contributed by atoms with Crippen molar-refractivity contribution in [3.05, 3.63) is 60.7 Å². The summed E-state index contributed by atoms with van der Waals surface area (Å²) in [6, 6.07) is 11.9. The highest BCUT2D eigenvalue weighted by atomic mass is 19.4. The van der Waals surface area contributed by atoms with Crippen LogP contribution in [0, 0.1) is 0 Å². The molecule has 0 radical (unpaired) electrons. The first-order valence-corrected chi connectivity index (χ1v) is 9.06. The van der Waals surface area contributed by atoms with Crippen molar-refractivity contribution in [3.8, 4) is 11.5 Å². The van der Waals surface area contributed by atoms with E-state index in [9.17, 15) is 18.0 Å². The Bertz CT molecular complexity index is 863. The fourth-order valence-corrected chi connectivity index (χ4v) is 2.12. The van der Waals surface area contributed by atoms with Gasteiger partial charge < -0.3 is 14.2 Å². The minimum absolute atomic E-state index is 0.317. The van der Waals surface area contributed by atoms with E-state index in [4.69, 9.17) is 9.47 Å². The van der Waals surface area contributed by atoms with E-state index < -0.39 is 12.3 Å². The number of hydrogen-bond donors (Lipinski definition) is 0. The molecule has 0 aliphatic carbocycles. The van der Waals surface area contributed by atoms with E-state index in [1.54, 1.807) is 31.2 Å². The Morgan fingerprint density at radius 3 is 1.90 bits per heavy atom. The number of ether oxygens (including phenoxy) is 3. The molecule has 0 aliphatic heterocycles. The maximum Gasteiger partial charge on any atom is 0.573 e. The Balaban J connectivity index is 1.73. The van der Waals surface area contributed by atoms with Gasteiger partial charge in [0.1, 0.15) is 11.5 Å². The lowest BCUT2D eigenvalue weighted by molar-refractivity contribution is -0.274. The molecule has 0 heterocycles. The minimum Gasteiger partial charge on any atom is -0.494 e. The average molecular weight is 422 g/mol. The zero-order chi connectivity index (χ0) is 22.0. The Morgan fingerprint density at radius 2 is 1.40 bits per heavy atom. The van der Waals surface area contributed by atoms with Gasteiger partial charge in [-0.25, -0.2) is 4.79 Å². The average Bonchev–Trinajstić information content (AvgIpc) is 2.69. The summed E-state index contributed by atoms with van der Waals surface area (Å²) in [5.74, 6) is -0.0651. The van der Waals surface area contributed by atoms with Crippen LogP contribution in [0.1, 0.15) is 19.8 Å². The molecule has 0 atom stereocenters. The zero-order valence-electron chi connectivity index (χ0n) is 16.3. The summed E-state index contributed by atoms with van der Waals surface area (Å²) in [5.41, 5.74) is 1.32. The summed E-state index contributed by atoms with van der Waals surface area (Å²) in [5, 5.41) is 7.99. The van der Waals surface area contributed by atoms with E-state index in [0.29, 0.717) is 42.3 Å². The van der Waals surface area contributed by atoms with Crippen molar-refractivity contribution in [2.24, 2.45) is 10.2 Å². The van der Waals surface area contributed by atoms with Gasteiger partial charge in [0.05, 0.1) is 24.6 Å². The molecule has 2 aromatic rings. The predicted molar refractivity (Wildman–Crippen MR) is 104 cm³/mol. The van der Waals surface area contributed by atoms with Crippen molar-refractivity contribution in [1.82, 2.24) is 0 Å². The van der Waals surface area contributed by atoms with Crippen molar-refractivity contribution < 1.29 is 32.2 Å². The number of hydrogen-bond acceptors (Lipinski definition) is 6. The third kappa shape index (κ3) is 8.76. The van der Waals surface area contributed by atoms with Crippen molar-refractivity contribution in [3.63, 3.8) is 0 Å². The molecule has 0 spiro atoms. The lowest BCUT2D eigenvalue weighted by Crippen LogP contribution is -2.16. The first kappa shape index (κ1) is 22.9. The molecule has 0 saturated heterocycles. The van der Waals surface area contributed by atoms with Crippen LogP contribution in [0.2, 0.25) is 0 Å².